The maximum absolute atomic E-state index is 13.2. The van der Waals surface area contributed by atoms with Crippen LogP contribution >= 0.6 is 0 Å². The zero-order chi connectivity index (χ0) is 27.0. The van der Waals surface area contributed by atoms with Gasteiger partial charge < -0.3 is 36.9 Å². The Hall–Kier alpha value is -3.44. The number of nitrogens with two attached hydrogens (primary N) is 1. The molecular weight excluding hydrogens is 466 g/mol. The second-order valence-corrected chi connectivity index (χ2v) is 9.67. The fraction of sp³-hybridized carbons (Fsp3) is 0.520. The summed E-state index contributed by atoms with van der Waals surface area (Å²) in [6, 6.07) is 3.03. The van der Waals surface area contributed by atoms with Crippen molar-refractivity contribution in [1.82, 2.24) is 20.9 Å². The molecule has 4 unspecified atom stereocenters. The van der Waals surface area contributed by atoms with E-state index in [9.17, 15) is 24.3 Å². The van der Waals surface area contributed by atoms with Crippen molar-refractivity contribution >= 4 is 34.6 Å². The number of rotatable bonds is 13. The average Bonchev–Trinajstić information content (AvgIpc) is 3.22. The molecule has 3 amide bonds. The van der Waals surface area contributed by atoms with Crippen LogP contribution in [0.2, 0.25) is 0 Å². The number of hydrogen-bond acceptors (Lipinski definition) is 6. The summed E-state index contributed by atoms with van der Waals surface area (Å²) in [6.45, 7) is 6.59. The van der Waals surface area contributed by atoms with Gasteiger partial charge in [0.1, 0.15) is 24.2 Å². The van der Waals surface area contributed by atoms with E-state index in [-0.39, 0.29) is 24.7 Å². The number of carboxylic acids is 1. The smallest absolute Gasteiger partial charge is 0.326 e. The van der Waals surface area contributed by atoms with Crippen LogP contribution in [0.3, 0.4) is 0 Å². The largest absolute Gasteiger partial charge is 0.480 e. The molecule has 0 aliphatic heterocycles. The number of carbonyl (C=O) groups is 4. The molecule has 0 aliphatic carbocycles. The first kappa shape index (κ1) is 28.8. The summed E-state index contributed by atoms with van der Waals surface area (Å²) >= 11 is 0. The number of amides is 3. The highest BCUT2D eigenvalue weighted by molar-refractivity contribution is 5.94. The van der Waals surface area contributed by atoms with E-state index in [0.29, 0.717) is 0 Å². The van der Waals surface area contributed by atoms with Crippen molar-refractivity contribution in [2.45, 2.75) is 64.7 Å². The Balaban J connectivity index is 2.17. The maximum Gasteiger partial charge on any atom is 0.326 e. The van der Waals surface area contributed by atoms with E-state index < -0.39 is 54.5 Å². The van der Waals surface area contributed by atoms with Gasteiger partial charge in [-0.1, -0.05) is 45.9 Å². The lowest BCUT2D eigenvalue weighted by atomic mass is 9.99. The Morgan fingerprint density at radius 1 is 0.944 bits per heavy atom. The molecule has 1 heterocycles. The van der Waals surface area contributed by atoms with Crippen LogP contribution in [0.25, 0.3) is 10.9 Å². The fourth-order valence-electron chi connectivity index (χ4n) is 3.84. The lowest BCUT2D eigenvalue weighted by Crippen LogP contribution is -2.59. The van der Waals surface area contributed by atoms with Gasteiger partial charge in [-0.15, -0.1) is 0 Å². The minimum Gasteiger partial charge on any atom is -0.480 e. The molecule has 198 valence electrons. The predicted molar refractivity (Wildman–Crippen MR) is 135 cm³/mol. The zero-order valence-electron chi connectivity index (χ0n) is 21.1. The molecule has 1 aromatic carbocycles. The molecule has 0 fully saturated rings. The van der Waals surface area contributed by atoms with Gasteiger partial charge in [-0.05, 0) is 29.9 Å². The number of aliphatic carboxylic acids is 1. The second-order valence-electron chi connectivity index (χ2n) is 9.67. The summed E-state index contributed by atoms with van der Waals surface area (Å²) in [4.78, 5) is 53.4. The van der Waals surface area contributed by atoms with Gasteiger partial charge in [-0.3, -0.25) is 14.4 Å². The summed E-state index contributed by atoms with van der Waals surface area (Å²) in [5.41, 5.74) is 7.14. The lowest BCUT2D eigenvalue weighted by Gasteiger charge is -2.27. The Kier molecular flexibility index (Phi) is 10.4. The van der Waals surface area contributed by atoms with Crippen LogP contribution in [0.5, 0.6) is 0 Å². The molecule has 36 heavy (non-hydrogen) atoms. The molecule has 0 radical (unpaired) electrons. The van der Waals surface area contributed by atoms with Gasteiger partial charge in [-0.25, -0.2) is 4.79 Å². The fourth-order valence-corrected chi connectivity index (χ4v) is 3.84. The molecule has 0 saturated heterocycles. The predicted octanol–water partition coefficient (Wildman–Crippen LogP) is 0.271. The topological polar surface area (TPSA) is 187 Å². The summed E-state index contributed by atoms with van der Waals surface area (Å²) < 4.78 is 0. The number of aliphatic hydroxyl groups is 1. The molecule has 11 heteroatoms. The monoisotopic (exact) mass is 503 g/mol. The number of aliphatic hydroxyl groups excluding tert-OH is 1. The van der Waals surface area contributed by atoms with Crippen LogP contribution < -0.4 is 21.7 Å². The number of para-hydroxylation sites is 1. The third kappa shape index (κ3) is 7.79. The molecule has 4 atom stereocenters. The molecule has 0 saturated carbocycles. The number of carbonyl (C=O) groups excluding carboxylic acids is 3. The SMILES string of the molecule is CC(C)CC(NC(=O)C(NC(=O)C(N)CO)C(C)C)C(=O)NC(Cc1c[nH]c2ccccc12)C(=O)O. The third-order valence-electron chi connectivity index (χ3n) is 5.83. The molecule has 0 bridgehead atoms. The Labute approximate surface area is 210 Å². The number of benzene rings is 1. The Morgan fingerprint density at radius 3 is 2.17 bits per heavy atom. The van der Waals surface area contributed by atoms with Crippen molar-refractivity contribution in [2.24, 2.45) is 17.6 Å². The molecule has 0 aliphatic rings. The molecule has 1 aromatic heterocycles. The van der Waals surface area contributed by atoms with Gasteiger partial charge in [0.2, 0.25) is 17.7 Å². The van der Waals surface area contributed by atoms with Crippen LogP contribution in [-0.4, -0.2) is 69.7 Å². The molecule has 0 spiro atoms. The Bertz CT molecular complexity index is 1070. The van der Waals surface area contributed by atoms with Crippen LogP contribution in [0.15, 0.2) is 30.5 Å². The number of nitrogens with one attached hydrogen (secondary N) is 4. The van der Waals surface area contributed by atoms with Gasteiger partial charge in [0, 0.05) is 23.5 Å². The quantitative estimate of drug-likeness (QED) is 0.204. The third-order valence-corrected chi connectivity index (χ3v) is 5.83. The maximum atomic E-state index is 13.2. The number of H-pyrrole nitrogens is 1. The van der Waals surface area contributed by atoms with E-state index in [0.717, 1.165) is 16.5 Å². The van der Waals surface area contributed by atoms with E-state index in [1.54, 1.807) is 20.0 Å². The molecule has 8 N–H and O–H groups in total. The van der Waals surface area contributed by atoms with E-state index in [1.807, 2.05) is 38.1 Å². The Morgan fingerprint density at radius 2 is 1.58 bits per heavy atom. The first-order valence-electron chi connectivity index (χ1n) is 12.0. The molecule has 2 aromatic rings. The normalized spacial score (nSPS) is 14.8. The summed E-state index contributed by atoms with van der Waals surface area (Å²) in [5, 5.41) is 27.5. The number of aromatic amines is 1. The zero-order valence-corrected chi connectivity index (χ0v) is 21.1. The highest BCUT2D eigenvalue weighted by Crippen LogP contribution is 2.19. The van der Waals surface area contributed by atoms with Gasteiger partial charge in [-0.2, -0.15) is 0 Å². The molecular formula is C25H37N5O6. The van der Waals surface area contributed by atoms with E-state index in [2.05, 4.69) is 20.9 Å². The number of aromatic nitrogens is 1. The van der Waals surface area contributed by atoms with Crippen molar-refractivity contribution < 1.29 is 29.4 Å². The molecule has 11 nitrogen and oxygen atoms in total. The summed E-state index contributed by atoms with van der Waals surface area (Å²) in [7, 11) is 0. The van der Waals surface area contributed by atoms with Crippen LogP contribution in [-0.2, 0) is 25.6 Å². The van der Waals surface area contributed by atoms with Crippen LogP contribution in [0.4, 0.5) is 0 Å². The summed E-state index contributed by atoms with van der Waals surface area (Å²) in [6.07, 6.45) is 2.02. The standard InChI is InChI=1S/C25H37N5O6/c1-13(2)9-19(28-24(34)21(14(3)4)30-22(32)17(26)12-31)23(33)29-20(25(35)36)10-15-11-27-18-8-6-5-7-16(15)18/h5-8,11,13-14,17,19-21,27,31H,9-10,12,26H2,1-4H3,(H,28,34)(H,29,33)(H,30,32)(H,35,36). The van der Waals surface area contributed by atoms with Crippen molar-refractivity contribution in [3.63, 3.8) is 0 Å². The lowest BCUT2D eigenvalue weighted by molar-refractivity contribution is -0.142. The molecule has 2 rings (SSSR count). The number of fused-ring (bicyclic) bond motifs is 1. The summed E-state index contributed by atoms with van der Waals surface area (Å²) in [5.74, 6) is -3.46. The first-order valence-corrected chi connectivity index (χ1v) is 12.0. The second kappa shape index (κ2) is 13.0. The van der Waals surface area contributed by atoms with Gasteiger partial charge >= 0.3 is 5.97 Å². The first-order chi connectivity index (χ1) is 16.9. The van der Waals surface area contributed by atoms with Gasteiger partial charge in [0.05, 0.1) is 6.61 Å². The van der Waals surface area contributed by atoms with Crippen LogP contribution in [0, 0.1) is 11.8 Å². The average molecular weight is 504 g/mol. The van der Waals surface area contributed by atoms with E-state index in [4.69, 9.17) is 10.8 Å². The minimum atomic E-state index is -1.22. The number of carboxylic acid groups (broad SMARTS) is 1. The van der Waals surface area contributed by atoms with Crippen LogP contribution in [0.1, 0.15) is 39.7 Å². The van der Waals surface area contributed by atoms with Crippen molar-refractivity contribution in [3.05, 3.63) is 36.0 Å². The van der Waals surface area contributed by atoms with E-state index >= 15 is 0 Å². The highest BCUT2D eigenvalue weighted by atomic mass is 16.4. The van der Waals surface area contributed by atoms with E-state index in [1.165, 1.54) is 0 Å². The highest BCUT2D eigenvalue weighted by Gasteiger charge is 2.32. The van der Waals surface area contributed by atoms with Crippen molar-refractivity contribution in [2.75, 3.05) is 6.61 Å². The number of hydrogen-bond donors (Lipinski definition) is 7. The van der Waals surface area contributed by atoms with Crippen molar-refractivity contribution in [3.8, 4) is 0 Å². The van der Waals surface area contributed by atoms with Gasteiger partial charge in [0.15, 0.2) is 0 Å². The van der Waals surface area contributed by atoms with Gasteiger partial charge in [0.25, 0.3) is 0 Å². The minimum absolute atomic E-state index is 0.00727. The van der Waals surface area contributed by atoms with Crippen molar-refractivity contribution in [1.29, 1.82) is 0 Å².